The summed E-state index contributed by atoms with van der Waals surface area (Å²) in [6, 6.07) is 18.2. The Balaban J connectivity index is 0.00000208. The van der Waals surface area contributed by atoms with E-state index >= 15 is 0 Å². The van der Waals surface area contributed by atoms with E-state index in [2.05, 4.69) is 34.3 Å². The predicted octanol–water partition coefficient (Wildman–Crippen LogP) is 4.46. The maximum atomic E-state index is 6.20. The van der Waals surface area contributed by atoms with Gasteiger partial charge in [-0.15, -0.1) is 12.4 Å². The van der Waals surface area contributed by atoms with Gasteiger partial charge in [-0.1, -0.05) is 59.2 Å². The number of hydrogen-bond acceptors (Lipinski definition) is 3. The van der Waals surface area contributed by atoms with E-state index in [1.165, 1.54) is 0 Å². The smallest absolute Gasteiger partial charge is 0.129 e. The molecule has 0 amide bonds. The molecule has 5 heteroatoms. The molecule has 0 aliphatic carbocycles. The highest BCUT2D eigenvalue weighted by Crippen LogP contribution is 2.19. The number of nitrogens with zero attached hydrogens (tertiary/aromatic N) is 2. The van der Waals surface area contributed by atoms with Crippen LogP contribution in [0.5, 0.6) is 0 Å². The molecule has 0 atom stereocenters. The molecule has 24 heavy (non-hydrogen) atoms. The number of fused-ring (bicyclic) bond motifs is 2. The predicted molar refractivity (Wildman–Crippen MR) is 104 cm³/mol. The van der Waals surface area contributed by atoms with Gasteiger partial charge in [0.2, 0.25) is 0 Å². The van der Waals surface area contributed by atoms with Crippen molar-refractivity contribution < 1.29 is 4.84 Å². The average molecular weight is 363 g/mol. The zero-order valence-corrected chi connectivity index (χ0v) is 15.3. The number of halogens is 2. The summed E-state index contributed by atoms with van der Waals surface area (Å²) < 4.78 is 0. The van der Waals surface area contributed by atoms with Crippen molar-refractivity contribution in [3.63, 3.8) is 0 Å². The van der Waals surface area contributed by atoms with Gasteiger partial charge in [0.05, 0.1) is 0 Å². The van der Waals surface area contributed by atoms with Crippen LogP contribution in [0.4, 0.5) is 0 Å². The molecule has 3 rings (SSSR count). The Bertz CT molecular complexity index is 910. The Hall–Kier alpha value is -1.81. The number of likely N-dealkylation sites (N-methyl/N-ethyl adjacent to an activating group) is 1. The molecular weight excluding hydrogens is 343 g/mol. The second-order valence-electron chi connectivity index (χ2n) is 5.73. The summed E-state index contributed by atoms with van der Waals surface area (Å²) in [4.78, 5) is 7.63. The van der Waals surface area contributed by atoms with Gasteiger partial charge in [0.1, 0.15) is 12.0 Å². The van der Waals surface area contributed by atoms with Crippen LogP contribution in [0.1, 0.15) is 0 Å². The lowest BCUT2D eigenvalue weighted by molar-refractivity contribution is 0.117. The van der Waals surface area contributed by atoms with E-state index in [4.69, 9.17) is 16.4 Å². The molecule has 0 N–H and O–H groups in total. The third kappa shape index (κ3) is 4.18. The van der Waals surface area contributed by atoms with Crippen LogP contribution in [0, 0.1) is 0 Å². The highest BCUT2D eigenvalue weighted by Gasteiger charge is 2.02. The van der Waals surface area contributed by atoms with Crippen LogP contribution in [-0.4, -0.2) is 32.1 Å². The molecule has 0 fully saturated rings. The Morgan fingerprint density at radius 2 is 1.62 bits per heavy atom. The van der Waals surface area contributed by atoms with Gasteiger partial charge in [0.15, 0.2) is 0 Å². The van der Waals surface area contributed by atoms with Crippen molar-refractivity contribution in [2.45, 2.75) is 0 Å². The fourth-order valence-corrected chi connectivity index (χ4v) is 2.67. The molecule has 0 unspecified atom stereocenters. The van der Waals surface area contributed by atoms with Crippen molar-refractivity contribution in [2.24, 2.45) is 5.16 Å². The minimum absolute atomic E-state index is 0. The van der Waals surface area contributed by atoms with Crippen LogP contribution < -0.4 is 5.36 Å². The van der Waals surface area contributed by atoms with Gasteiger partial charge in [-0.3, -0.25) is 0 Å². The van der Waals surface area contributed by atoms with Crippen LogP contribution in [0.25, 0.3) is 21.5 Å². The molecule has 0 aliphatic rings. The molecule has 0 spiro atoms. The van der Waals surface area contributed by atoms with Gasteiger partial charge >= 0.3 is 0 Å². The van der Waals surface area contributed by atoms with Crippen LogP contribution in [0.3, 0.4) is 0 Å². The van der Waals surface area contributed by atoms with Crippen LogP contribution in [0.2, 0.25) is 5.02 Å². The summed E-state index contributed by atoms with van der Waals surface area (Å²) in [6.07, 6.45) is 0. The fourth-order valence-electron chi connectivity index (χ4n) is 2.49. The van der Waals surface area contributed by atoms with E-state index in [9.17, 15) is 0 Å². The van der Waals surface area contributed by atoms with E-state index in [-0.39, 0.29) is 12.4 Å². The molecule has 0 saturated heterocycles. The summed E-state index contributed by atoms with van der Waals surface area (Å²) in [6.45, 7) is 1.36. The van der Waals surface area contributed by atoms with Gasteiger partial charge < -0.3 is 9.74 Å². The Labute approximate surface area is 152 Å². The normalized spacial score (nSPS) is 11.8. The summed E-state index contributed by atoms with van der Waals surface area (Å²) >= 11 is 6.20. The fraction of sp³-hybridized carbons (Fsp3) is 0.211. The van der Waals surface area contributed by atoms with Gasteiger partial charge in [0.25, 0.3) is 0 Å². The molecule has 0 bridgehead atoms. The molecule has 0 radical (unpaired) electrons. The van der Waals surface area contributed by atoms with Crippen molar-refractivity contribution >= 4 is 45.6 Å². The maximum Gasteiger partial charge on any atom is 0.129 e. The first-order valence-corrected chi connectivity index (χ1v) is 7.95. The zero-order chi connectivity index (χ0) is 16.2. The first-order chi connectivity index (χ1) is 11.1. The first kappa shape index (κ1) is 18.5. The molecule has 0 heterocycles. The zero-order valence-electron chi connectivity index (χ0n) is 13.7. The van der Waals surface area contributed by atoms with Crippen molar-refractivity contribution in [2.75, 3.05) is 27.2 Å². The maximum absolute atomic E-state index is 6.20. The monoisotopic (exact) mass is 362 g/mol. The van der Waals surface area contributed by atoms with Crippen molar-refractivity contribution in [1.82, 2.24) is 4.90 Å². The second kappa shape index (κ2) is 8.34. The molecule has 0 aromatic heterocycles. The van der Waals surface area contributed by atoms with Crippen molar-refractivity contribution in [1.29, 1.82) is 0 Å². The van der Waals surface area contributed by atoms with E-state index in [1.807, 2.05) is 44.4 Å². The van der Waals surface area contributed by atoms with Crippen LogP contribution >= 0.6 is 24.0 Å². The molecule has 0 aliphatic heterocycles. The van der Waals surface area contributed by atoms with Crippen LogP contribution in [0.15, 0.2) is 59.8 Å². The topological polar surface area (TPSA) is 24.8 Å². The highest BCUT2D eigenvalue weighted by atomic mass is 35.5. The third-order valence-corrected chi connectivity index (χ3v) is 3.95. The molecule has 3 aromatic rings. The summed E-state index contributed by atoms with van der Waals surface area (Å²) in [5.74, 6) is 0. The Morgan fingerprint density at radius 3 is 2.38 bits per heavy atom. The van der Waals surface area contributed by atoms with E-state index in [0.29, 0.717) is 11.6 Å². The average Bonchev–Trinajstić information content (AvgIpc) is 2.68. The Kier molecular flexibility index (Phi) is 6.44. The largest absolute Gasteiger partial charge is 0.394 e. The van der Waals surface area contributed by atoms with E-state index < -0.39 is 0 Å². The first-order valence-electron chi connectivity index (χ1n) is 7.57. The summed E-state index contributed by atoms with van der Waals surface area (Å²) in [5.41, 5.74) is 0. The third-order valence-electron chi connectivity index (χ3n) is 3.71. The Morgan fingerprint density at radius 1 is 0.958 bits per heavy atom. The summed E-state index contributed by atoms with van der Waals surface area (Å²) in [7, 11) is 4.02. The lowest BCUT2D eigenvalue weighted by atomic mass is 10.1. The van der Waals surface area contributed by atoms with Crippen molar-refractivity contribution in [3.05, 3.63) is 65.0 Å². The quantitative estimate of drug-likeness (QED) is 0.505. The number of hydrogen-bond donors (Lipinski definition) is 0. The van der Waals surface area contributed by atoms with Crippen LogP contribution in [-0.2, 0) is 4.84 Å². The number of rotatable bonds is 4. The minimum Gasteiger partial charge on any atom is -0.394 e. The van der Waals surface area contributed by atoms with Gasteiger partial charge in [-0.2, -0.15) is 0 Å². The van der Waals surface area contributed by atoms with Gasteiger partial charge in [-0.05, 0) is 37.0 Å². The molecule has 3 nitrogen and oxygen atoms in total. The SMILES string of the molecule is CN(C)CCO/N=c1/c2ccccc2ccc2ccc(Cl)cc12.Cl. The standard InChI is InChI=1S/C19H19ClN2O.ClH/c1-22(2)11-12-23-21-19-17-6-4-3-5-14(17)7-8-15-9-10-16(20)13-18(15)19;/h3-10,13H,11-12H2,1-2H3;1H/b21-19-;. The minimum atomic E-state index is 0. The number of benzene rings is 2. The molecule has 126 valence electrons. The van der Waals surface area contributed by atoms with Gasteiger partial charge in [0, 0.05) is 22.3 Å². The lowest BCUT2D eigenvalue weighted by Gasteiger charge is -2.07. The lowest BCUT2D eigenvalue weighted by Crippen LogP contribution is -2.17. The summed E-state index contributed by atoms with van der Waals surface area (Å²) in [5, 5.41) is 10.2. The molecule has 3 aromatic carbocycles. The van der Waals surface area contributed by atoms with E-state index in [1.54, 1.807) is 0 Å². The molecule has 0 saturated carbocycles. The highest BCUT2D eigenvalue weighted by molar-refractivity contribution is 6.31. The van der Waals surface area contributed by atoms with Gasteiger partial charge in [-0.25, -0.2) is 0 Å². The van der Waals surface area contributed by atoms with Crippen molar-refractivity contribution in [3.8, 4) is 0 Å². The van der Waals surface area contributed by atoms with E-state index in [0.717, 1.165) is 33.4 Å². The molecular formula is C19H20Cl2N2O. The second-order valence-corrected chi connectivity index (χ2v) is 6.16.